The van der Waals surface area contributed by atoms with Crippen molar-refractivity contribution in [2.24, 2.45) is 5.92 Å². The Balaban J connectivity index is 2.56. The summed E-state index contributed by atoms with van der Waals surface area (Å²) in [5.41, 5.74) is 1.74. The molecule has 1 N–H and O–H groups in total. The summed E-state index contributed by atoms with van der Waals surface area (Å²) in [5.74, 6) is -0.217. The van der Waals surface area contributed by atoms with Crippen molar-refractivity contribution in [2.75, 3.05) is 20.6 Å². The molecule has 0 aliphatic heterocycles. The summed E-state index contributed by atoms with van der Waals surface area (Å²) in [4.78, 5) is 25.3. The fourth-order valence-electron chi connectivity index (χ4n) is 1.60. The van der Waals surface area contributed by atoms with Crippen molar-refractivity contribution in [2.45, 2.75) is 20.4 Å². The molecule has 4 nitrogen and oxygen atoms in total. The number of carbonyl (C=O) groups excluding carboxylic acids is 2. The molecule has 1 aromatic carbocycles. The van der Waals surface area contributed by atoms with Crippen LogP contribution in [0, 0.1) is 5.92 Å². The minimum atomic E-state index is -0.203. The van der Waals surface area contributed by atoms with E-state index < -0.39 is 0 Å². The number of nitrogens with zero attached hydrogens (tertiary/aromatic N) is 1. The summed E-state index contributed by atoms with van der Waals surface area (Å²) in [6.07, 6.45) is 0. The molecule has 0 radical (unpaired) electrons. The summed E-state index contributed by atoms with van der Waals surface area (Å²) in [6, 6.07) is 7.43. The average molecular weight is 262 g/mol. The van der Waals surface area contributed by atoms with Crippen molar-refractivity contribution in [3.05, 3.63) is 35.4 Å². The molecular weight excluding hydrogens is 240 g/mol. The molecule has 0 aliphatic carbocycles. The van der Waals surface area contributed by atoms with Crippen molar-refractivity contribution in [3.8, 4) is 0 Å². The van der Waals surface area contributed by atoms with Crippen LogP contribution in [-0.4, -0.2) is 37.2 Å². The van der Waals surface area contributed by atoms with Crippen LogP contribution in [0.2, 0.25) is 0 Å². The maximum Gasteiger partial charge on any atom is 0.251 e. The lowest BCUT2D eigenvalue weighted by atomic mass is 10.1. The zero-order valence-electron chi connectivity index (χ0n) is 12.1. The Morgan fingerprint density at radius 3 is 2.21 bits per heavy atom. The highest BCUT2D eigenvalue weighted by Gasteiger charge is 2.10. The number of hydrogen-bond donors (Lipinski definition) is 1. The van der Waals surface area contributed by atoms with Gasteiger partial charge in [0.25, 0.3) is 5.91 Å². The number of rotatable bonds is 6. The van der Waals surface area contributed by atoms with Crippen molar-refractivity contribution in [1.82, 2.24) is 10.2 Å². The topological polar surface area (TPSA) is 49.4 Å². The minimum Gasteiger partial charge on any atom is -0.345 e. The Hall–Kier alpha value is -1.68. The Morgan fingerprint density at radius 2 is 1.74 bits per heavy atom. The zero-order chi connectivity index (χ0) is 14.4. The molecule has 19 heavy (non-hydrogen) atoms. The van der Waals surface area contributed by atoms with Gasteiger partial charge in [0.1, 0.15) is 0 Å². The van der Waals surface area contributed by atoms with E-state index in [-0.39, 0.29) is 24.2 Å². The molecule has 0 heterocycles. The molecule has 4 heteroatoms. The van der Waals surface area contributed by atoms with Crippen LogP contribution in [-0.2, 0) is 11.3 Å². The second-order valence-corrected chi connectivity index (χ2v) is 5.24. The third-order valence-corrected chi connectivity index (χ3v) is 2.78. The van der Waals surface area contributed by atoms with Gasteiger partial charge < -0.3 is 10.2 Å². The molecule has 0 atom stereocenters. The normalized spacial score (nSPS) is 10.8. The lowest BCUT2D eigenvalue weighted by Crippen LogP contribution is -2.31. The van der Waals surface area contributed by atoms with E-state index in [4.69, 9.17) is 0 Å². The molecule has 0 spiro atoms. The standard InChI is InChI=1S/C15H22N2O2/c1-11(2)14(18)9-16-15(19)13-7-5-12(6-8-13)10-17(3)4/h5-8,11H,9-10H2,1-4H3,(H,16,19). The number of hydrogen-bond acceptors (Lipinski definition) is 3. The summed E-state index contributed by atoms with van der Waals surface area (Å²) >= 11 is 0. The first-order valence-electron chi connectivity index (χ1n) is 6.44. The van der Waals surface area contributed by atoms with E-state index in [1.54, 1.807) is 12.1 Å². The summed E-state index contributed by atoms with van der Waals surface area (Å²) in [6.45, 7) is 4.58. The van der Waals surface area contributed by atoms with Gasteiger partial charge >= 0.3 is 0 Å². The van der Waals surface area contributed by atoms with Crippen LogP contribution in [0.25, 0.3) is 0 Å². The number of benzene rings is 1. The molecular formula is C15H22N2O2. The van der Waals surface area contributed by atoms with Gasteiger partial charge in [0.15, 0.2) is 5.78 Å². The first kappa shape index (κ1) is 15.4. The fourth-order valence-corrected chi connectivity index (χ4v) is 1.60. The van der Waals surface area contributed by atoms with Gasteiger partial charge in [0.05, 0.1) is 6.54 Å². The van der Waals surface area contributed by atoms with E-state index in [9.17, 15) is 9.59 Å². The van der Waals surface area contributed by atoms with Crippen molar-refractivity contribution in [3.63, 3.8) is 0 Å². The lowest BCUT2D eigenvalue weighted by molar-refractivity contribution is -0.120. The van der Waals surface area contributed by atoms with Gasteiger partial charge in [-0.25, -0.2) is 0 Å². The summed E-state index contributed by atoms with van der Waals surface area (Å²) < 4.78 is 0. The first-order valence-corrected chi connectivity index (χ1v) is 6.44. The predicted molar refractivity (Wildman–Crippen MR) is 76.0 cm³/mol. The highest BCUT2D eigenvalue weighted by Crippen LogP contribution is 2.06. The zero-order valence-corrected chi connectivity index (χ0v) is 12.1. The minimum absolute atomic E-state index is 0.0394. The van der Waals surface area contributed by atoms with Crippen LogP contribution in [0.3, 0.4) is 0 Å². The molecule has 0 unspecified atom stereocenters. The van der Waals surface area contributed by atoms with Gasteiger partial charge in [-0.15, -0.1) is 0 Å². The van der Waals surface area contributed by atoms with E-state index in [0.717, 1.165) is 12.1 Å². The number of carbonyl (C=O) groups is 2. The second-order valence-electron chi connectivity index (χ2n) is 5.24. The van der Waals surface area contributed by atoms with E-state index in [1.165, 1.54) is 0 Å². The Kier molecular flexibility index (Phi) is 5.70. The molecule has 104 valence electrons. The number of ketones is 1. The molecule has 1 aromatic rings. The predicted octanol–water partition coefficient (Wildman–Crippen LogP) is 1.70. The van der Waals surface area contributed by atoms with Crippen molar-refractivity contribution >= 4 is 11.7 Å². The van der Waals surface area contributed by atoms with E-state index in [1.807, 2.05) is 40.1 Å². The Bertz CT molecular complexity index is 436. The monoisotopic (exact) mass is 262 g/mol. The Labute approximate surface area is 114 Å². The van der Waals surface area contributed by atoms with Crippen molar-refractivity contribution in [1.29, 1.82) is 0 Å². The van der Waals surface area contributed by atoms with Crippen LogP contribution in [0.4, 0.5) is 0 Å². The fraction of sp³-hybridized carbons (Fsp3) is 0.467. The molecule has 0 saturated carbocycles. The second kappa shape index (κ2) is 7.04. The maximum absolute atomic E-state index is 11.8. The van der Waals surface area contributed by atoms with Crippen LogP contribution in [0.1, 0.15) is 29.8 Å². The highest BCUT2D eigenvalue weighted by molar-refractivity contribution is 5.96. The van der Waals surface area contributed by atoms with Gasteiger partial charge in [-0.1, -0.05) is 26.0 Å². The molecule has 0 fully saturated rings. The van der Waals surface area contributed by atoms with E-state index in [2.05, 4.69) is 10.2 Å². The van der Waals surface area contributed by atoms with Crippen LogP contribution in [0.15, 0.2) is 24.3 Å². The molecule has 1 rings (SSSR count). The summed E-state index contributed by atoms with van der Waals surface area (Å²) in [7, 11) is 4.00. The molecule has 0 saturated heterocycles. The SMILES string of the molecule is CC(C)C(=O)CNC(=O)c1ccc(CN(C)C)cc1. The highest BCUT2D eigenvalue weighted by atomic mass is 16.2. The third-order valence-electron chi connectivity index (χ3n) is 2.78. The number of Topliss-reactive ketones (excluding diaryl/α,β-unsaturated/α-hetero) is 1. The van der Waals surface area contributed by atoms with E-state index >= 15 is 0 Å². The number of amides is 1. The van der Waals surface area contributed by atoms with Gasteiger partial charge in [0, 0.05) is 18.0 Å². The van der Waals surface area contributed by atoms with Gasteiger partial charge in [-0.2, -0.15) is 0 Å². The molecule has 1 amide bonds. The van der Waals surface area contributed by atoms with E-state index in [0.29, 0.717) is 5.56 Å². The first-order chi connectivity index (χ1) is 8.90. The Morgan fingerprint density at radius 1 is 1.16 bits per heavy atom. The molecule has 0 aromatic heterocycles. The maximum atomic E-state index is 11.8. The summed E-state index contributed by atoms with van der Waals surface area (Å²) in [5, 5.41) is 2.64. The molecule has 0 bridgehead atoms. The average Bonchev–Trinajstić information content (AvgIpc) is 2.35. The molecule has 0 aliphatic rings. The van der Waals surface area contributed by atoms with Gasteiger partial charge in [-0.3, -0.25) is 9.59 Å². The number of nitrogens with one attached hydrogen (secondary N) is 1. The smallest absolute Gasteiger partial charge is 0.251 e. The van der Waals surface area contributed by atoms with Gasteiger partial charge in [-0.05, 0) is 31.8 Å². The van der Waals surface area contributed by atoms with Crippen LogP contribution in [0.5, 0.6) is 0 Å². The van der Waals surface area contributed by atoms with Crippen LogP contribution < -0.4 is 5.32 Å². The van der Waals surface area contributed by atoms with Gasteiger partial charge in [0.2, 0.25) is 0 Å². The third kappa shape index (κ3) is 5.22. The quantitative estimate of drug-likeness (QED) is 0.849. The van der Waals surface area contributed by atoms with Crippen LogP contribution >= 0.6 is 0 Å². The lowest BCUT2D eigenvalue weighted by Gasteiger charge is -2.10. The largest absolute Gasteiger partial charge is 0.345 e. The van der Waals surface area contributed by atoms with Crippen molar-refractivity contribution < 1.29 is 9.59 Å².